The van der Waals surface area contributed by atoms with Gasteiger partial charge in [-0.15, -0.1) is 0 Å². The third-order valence-corrected chi connectivity index (χ3v) is 5.05. The minimum absolute atomic E-state index is 0.267. The molecule has 0 spiro atoms. The summed E-state index contributed by atoms with van der Waals surface area (Å²) in [6.45, 7) is 0.306. The zero-order valence-electron chi connectivity index (χ0n) is 16.7. The molecule has 0 bridgehead atoms. The summed E-state index contributed by atoms with van der Waals surface area (Å²) in [6, 6.07) is 26.4. The number of carbonyl (C=O) groups excluding carboxylic acids is 2. The predicted octanol–water partition coefficient (Wildman–Crippen LogP) is 4.13. The van der Waals surface area contributed by atoms with Gasteiger partial charge in [-0.05, 0) is 30.2 Å². The van der Waals surface area contributed by atoms with Gasteiger partial charge in [0.2, 0.25) is 0 Å². The van der Waals surface area contributed by atoms with Crippen LogP contribution < -0.4 is 10.1 Å². The number of carbonyl (C=O) groups is 2. The third kappa shape index (κ3) is 3.82. The van der Waals surface area contributed by atoms with Crippen molar-refractivity contribution in [2.24, 2.45) is 0 Å². The van der Waals surface area contributed by atoms with E-state index < -0.39 is 0 Å². The van der Waals surface area contributed by atoms with E-state index in [9.17, 15) is 9.59 Å². The Bertz CT molecular complexity index is 1090. The van der Waals surface area contributed by atoms with E-state index in [-0.39, 0.29) is 17.5 Å². The summed E-state index contributed by atoms with van der Waals surface area (Å²) in [5.41, 5.74) is 3.00. The van der Waals surface area contributed by atoms with Crippen molar-refractivity contribution in [3.63, 3.8) is 0 Å². The fourth-order valence-corrected chi connectivity index (χ4v) is 3.55. The van der Waals surface area contributed by atoms with E-state index in [1.807, 2.05) is 72.8 Å². The number of nitrogens with zero attached hydrogens (tertiary/aromatic N) is 1. The third-order valence-electron chi connectivity index (χ3n) is 5.05. The number of ether oxygens (including phenoxy) is 1. The van der Waals surface area contributed by atoms with Crippen LogP contribution in [0.25, 0.3) is 5.57 Å². The first-order chi connectivity index (χ1) is 14.7. The molecule has 0 atom stereocenters. The first-order valence-corrected chi connectivity index (χ1v) is 9.79. The summed E-state index contributed by atoms with van der Waals surface area (Å²) < 4.78 is 5.46. The number of para-hydroxylation sites is 2. The molecule has 150 valence electrons. The molecule has 3 aromatic carbocycles. The molecule has 0 aromatic heterocycles. The zero-order valence-corrected chi connectivity index (χ0v) is 16.7. The van der Waals surface area contributed by atoms with Gasteiger partial charge in [-0.2, -0.15) is 0 Å². The van der Waals surface area contributed by atoms with Crippen LogP contribution in [0.15, 0.2) is 90.6 Å². The van der Waals surface area contributed by atoms with Crippen LogP contribution in [-0.4, -0.2) is 30.4 Å². The van der Waals surface area contributed by atoms with Crippen molar-refractivity contribution in [3.8, 4) is 5.75 Å². The molecule has 0 radical (unpaired) electrons. The minimum atomic E-state index is -0.333. The van der Waals surface area contributed by atoms with E-state index in [4.69, 9.17) is 4.74 Å². The van der Waals surface area contributed by atoms with E-state index in [1.165, 1.54) is 4.90 Å². The Kier molecular flexibility index (Phi) is 5.61. The second-order valence-electron chi connectivity index (χ2n) is 6.94. The van der Waals surface area contributed by atoms with Crippen molar-refractivity contribution < 1.29 is 14.3 Å². The van der Waals surface area contributed by atoms with E-state index in [0.717, 1.165) is 11.3 Å². The second kappa shape index (κ2) is 8.66. The number of hydrogen-bond donors (Lipinski definition) is 1. The number of hydrogen-bond acceptors (Lipinski definition) is 4. The normalized spacial score (nSPS) is 13.7. The van der Waals surface area contributed by atoms with E-state index in [1.54, 1.807) is 19.2 Å². The van der Waals surface area contributed by atoms with Gasteiger partial charge in [0.25, 0.3) is 11.8 Å². The van der Waals surface area contributed by atoms with Gasteiger partial charge in [0.15, 0.2) is 0 Å². The lowest BCUT2D eigenvalue weighted by molar-refractivity contribution is -0.136. The summed E-state index contributed by atoms with van der Waals surface area (Å²) in [7, 11) is 1.55. The maximum Gasteiger partial charge on any atom is 0.278 e. The summed E-state index contributed by atoms with van der Waals surface area (Å²) in [6.07, 6.45) is 0.593. The Hall–Kier alpha value is -3.86. The highest BCUT2D eigenvalue weighted by Gasteiger charge is 2.39. The highest BCUT2D eigenvalue weighted by Crippen LogP contribution is 2.35. The topological polar surface area (TPSA) is 58.6 Å². The molecule has 4 rings (SSSR count). The Morgan fingerprint density at radius 3 is 2.13 bits per heavy atom. The van der Waals surface area contributed by atoms with Crippen molar-refractivity contribution in [2.75, 3.05) is 19.0 Å². The van der Waals surface area contributed by atoms with Crippen LogP contribution >= 0.6 is 0 Å². The SMILES string of the molecule is COc1ccccc1C1=C(Nc2ccccc2)C(=O)N(CCc2ccccc2)C1=O. The van der Waals surface area contributed by atoms with E-state index in [0.29, 0.717) is 29.9 Å². The molecule has 0 saturated heterocycles. The number of anilines is 1. The maximum absolute atomic E-state index is 13.4. The molecule has 0 aliphatic carbocycles. The van der Waals surface area contributed by atoms with Gasteiger partial charge in [-0.25, -0.2) is 0 Å². The van der Waals surface area contributed by atoms with Gasteiger partial charge in [0.1, 0.15) is 11.4 Å². The van der Waals surface area contributed by atoms with Crippen molar-refractivity contribution in [2.45, 2.75) is 6.42 Å². The Morgan fingerprint density at radius 1 is 0.800 bits per heavy atom. The lowest BCUT2D eigenvalue weighted by Crippen LogP contribution is -2.34. The molecule has 2 amide bonds. The first kappa shape index (κ1) is 19.5. The van der Waals surface area contributed by atoms with E-state index >= 15 is 0 Å². The molecule has 1 N–H and O–H groups in total. The molecule has 30 heavy (non-hydrogen) atoms. The molecule has 5 nitrogen and oxygen atoms in total. The number of imide groups is 1. The number of methoxy groups -OCH3 is 1. The summed E-state index contributed by atoms with van der Waals surface area (Å²) in [4.78, 5) is 27.9. The van der Waals surface area contributed by atoms with Gasteiger partial charge < -0.3 is 10.1 Å². The molecule has 1 heterocycles. The average molecular weight is 398 g/mol. The van der Waals surface area contributed by atoms with Crippen LogP contribution in [0.2, 0.25) is 0 Å². The highest BCUT2D eigenvalue weighted by molar-refractivity contribution is 6.37. The van der Waals surface area contributed by atoms with Crippen LogP contribution in [0.3, 0.4) is 0 Å². The summed E-state index contributed by atoms with van der Waals surface area (Å²) >= 11 is 0. The lowest BCUT2D eigenvalue weighted by atomic mass is 10.0. The van der Waals surface area contributed by atoms with Gasteiger partial charge in [-0.1, -0.05) is 66.7 Å². The molecular formula is C25H22N2O3. The van der Waals surface area contributed by atoms with Crippen LogP contribution in [0.5, 0.6) is 5.75 Å². The van der Waals surface area contributed by atoms with Crippen molar-refractivity contribution >= 4 is 23.1 Å². The van der Waals surface area contributed by atoms with Crippen molar-refractivity contribution in [3.05, 3.63) is 102 Å². The Balaban J connectivity index is 1.70. The predicted molar refractivity (Wildman–Crippen MR) is 117 cm³/mol. The number of rotatable bonds is 7. The molecule has 0 saturated carbocycles. The first-order valence-electron chi connectivity index (χ1n) is 9.79. The Morgan fingerprint density at radius 2 is 1.43 bits per heavy atom. The summed E-state index contributed by atoms with van der Waals surface area (Å²) in [5.74, 6) is -0.106. The van der Waals surface area contributed by atoms with Crippen molar-refractivity contribution in [1.29, 1.82) is 0 Å². The molecular weight excluding hydrogens is 376 g/mol. The number of amides is 2. The quantitative estimate of drug-likeness (QED) is 0.608. The monoisotopic (exact) mass is 398 g/mol. The van der Waals surface area contributed by atoms with Gasteiger partial charge >= 0.3 is 0 Å². The van der Waals surface area contributed by atoms with Crippen molar-refractivity contribution in [1.82, 2.24) is 4.90 Å². The lowest BCUT2D eigenvalue weighted by Gasteiger charge is -2.15. The molecule has 0 fully saturated rings. The summed E-state index contributed by atoms with van der Waals surface area (Å²) in [5, 5.41) is 3.16. The largest absolute Gasteiger partial charge is 0.496 e. The van der Waals surface area contributed by atoms with Gasteiger partial charge in [0, 0.05) is 17.8 Å². The van der Waals surface area contributed by atoms with Crippen LogP contribution in [-0.2, 0) is 16.0 Å². The fraction of sp³-hybridized carbons (Fsp3) is 0.120. The van der Waals surface area contributed by atoms with Crippen LogP contribution in [0.4, 0.5) is 5.69 Å². The molecule has 1 aliphatic heterocycles. The molecule has 5 heteroatoms. The minimum Gasteiger partial charge on any atom is -0.496 e. The molecule has 1 aliphatic rings. The molecule has 0 unspecified atom stereocenters. The second-order valence-corrected chi connectivity index (χ2v) is 6.94. The Labute approximate surface area is 175 Å². The van der Waals surface area contributed by atoms with Crippen LogP contribution in [0.1, 0.15) is 11.1 Å². The van der Waals surface area contributed by atoms with Gasteiger partial charge in [-0.3, -0.25) is 14.5 Å². The standard InChI is InChI=1S/C25H22N2O3/c1-30-21-15-9-8-14-20(21)22-23(26-19-12-6-3-7-13-19)25(29)27(24(22)28)17-16-18-10-4-2-5-11-18/h2-15,26H,16-17H2,1H3. The molecule has 3 aromatic rings. The zero-order chi connectivity index (χ0) is 20.9. The number of benzene rings is 3. The maximum atomic E-state index is 13.4. The highest BCUT2D eigenvalue weighted by atomic mass is 16.5. The van der Waals surface area contributed by atoms with Crippen LogP contribution in [0, 0.1) is 0 Å². The smallest absolute Gasteiger partial charge is 0.278 e. The average Bonchev–Trinajstić information content (AvgIpc) is 3.02. The van der Waals surface area contributed by atoms with Gasteiger partial charge in [0.05, 0.1) is 12.7 Å². The number of nitrogens with one attached hydrogen (secondary N) is 1. The fourth-order valence-electron chi connectivity index (χ4n) is 3.55. The van der Waals surface area contributed by atoms with E-state index in [2.05, 4.69) is 5.32 Å².